The lowest BCUT2D eigenvalue weighted by Crippen LogP contribution is -2.26. The predicted octanol–water partition coefficient (Wildman–Crippen LogP) is 2.46. The van der Waals surface area contributed by atoms with Gasteiger partial charge in [0.05, 0.1) is 11.7 Å². The lowest BCUT2D eigenvalue weighted by atomic mass is 9.89. The number of carbonyl (C=O) groups excluding carboxylic acids is 1. The first-order chi connectivity index (χ1) is 8.73. The molecule has 1 unspecified atom stereocenters. The second-order valence-corrected chi connectivity index (χ2v) is 6.10. The predicted molar refractivity (Wildman–Crippen MR) is 75.7 cm³/mol. The SMILES string of the molecule is Cc1nc(Cl)c(C=O)c(NCC(O)CC(C)(C)C)n1. The summed E-state index contributed by atoms with van der Waals surface area (Å²) in [6.07, 6.45) is 0.739. The van der Waals surface area contributed by atoms with Crippen LogP contribution in [0.1, 0.15) is 43.4 Å². The average molecular weight is 286 g/mol. The van der Waals surface area contributed by atoms with Crippen molar-refractivity contribution in [2.75, 3.05) is 11.9 Å². The zero-order valence-electron chi connectivity index (χ0n) is 11.7. The molecule has 19 heavy (non-hydrogen) atoms. The van der Waals surface area contributed by atoms with E-state index in [1.54, 1.807) is 6.92 Å². The molecule has 0 radical (unpaired) electrons. The molecular weight excluding hydrogens is 266 g/mol. The van der Waals surface area contributed by atoms with Crippen molar-refractivity contribution < 1.29 is 9.90 Å². The summed E-state index contributed by atoms with van der Waals surface area (Å²) in [5.74, 6) is 0.837. The molecule has 1 aromatic rings. The molecule has 0 amide bonds. The minimum Gasteiger partial charge on any atom is -0.391 e. The van der Waals surface area contributed by atoms with Crippen LogP contribution in [0.15, 0.2) is 0 Å². The molecule has 0 saturated heterocycles. The summed E-state index contributed by atoms with van der Waals surface area (Å²) in [6, 6.07) is 0. The van der Waals surface area contributed by atoms with Crippen LogP contribution in [-0.4, -0.2) is 34.0 Å². The molecule has 0 aromatic carbocycles. The molecular formula is C13H20ClN3O2. The summed E-state index contributed by atoms with van der Waals surface area (Å²) >= 11 is 5.87. The molecule has 1 aromatic heterocycles. The van der Waals surface area contributed by atoms with E-state index in [2.05, 4.69) is 36.1 Å². The fourth-order valence-corrected chi connectivity index (χ4v) is 2.04. The summed E-state index contributed by atoms with van der Waals surface area (Å²) in [5.41, 5.74) is 0.253. The van der Waals surface area contributed by atoms with Crippen LogP contribution in [0.2, 0.25) is 5.15 Å². The molecule has 0 aliphatic carbocycles. The molecule has 6 heteroatoms. The van der Waals surface area contributed by atoms with Gasteiger partial charge < -0.3 is 10.4 Å². The van der Waals surface area contributed by atoms with Crippen molar-refractivity contribution >= 4 is 23.7 Å². The third kappa shape index (κ3) is 5.12. The van der Waals surface area contributed by atoms with Gasteiger partial charge >= 0.3 is 0 Å². The van der Waals surface area contributed by atoms with E-state index in [9.17, 15) is 9.90 Å². The second-order valence-electron chi connectivity index (χ2n) is 5.74. The maximum absolute atomic E-state index is 11.0. The van der Waals surface area contributed by atoms with Gasteiger partial charge in [0.2, 0.25) is 0 Å². The molecule has 0 aliphatic heterocycles. The summed E-state index contributed by atoms with van der Waals surface area (Å²) in [5, 5.41) is 13.0. The van der Waals surface area contributed by atoms with Crippen LogP contribution in [0.3, 0.4) is 0 Å². The molecule has 0 fully saturated rings. The molecule has 1 atom stereocenters. The quantitative estimate of drug-likeness (QED) is 0.642. The highest BCUT2D eigenvalue weighted by molar-refractivity contribution is 6.32. The molecule has 0 bridgehead atoms. The molecule has 2 N–H and O–H groups in total. The zero-order chi connectivity index (χ0) is 14.6. The van der Waals surface area contributed by atoms with Crippen molar-refractivity contribution in [3.05, 3.63) is 16.5 Å². The molecule has 5 nitrogen and oxygen atoms in total. The summed E-state index contributed by atoms with van der Waals surface area (Å²) in [7, 11) is 0. The number of anilines is 1. The van der Waals surface area contributed by atoms with E-state index < -0.39 is 6.10 Å². The molecule has 0 saturated carbocycles. The molecule has 1 rings (SSSR count). The monoisotopic (exact) mass is 285 g/mol. The van der Waals surface area contributed by atoms with Crippen LogP contribution in [0.25, 0.3) is 0 Å². The van der Waals surface area contributed by atoms with Crippen molar-refractivity contribution in [1.29, 1.82) is 0 Å². The number of nitrogens with one attached hydrogen (secondary N) is 1. The van der Waals surface area contributed by atoms with Gasteiger partial charge in [0.25, 0.3) is 0 Å². The number of rotatable bonds is 5. The first-order valence-corrected chi connectivity index (χ1v) is 6.52. The van der Waals surface area contributed by atoms with Crippen LogP contribution >= 0.6 is 11.6 Å². The highest BCUT2D eigenvalue weighted by Crippen LogP contribution is 2.22. The smallest absolute Gasteiger partial charge is 0.156 e. The Hall–Kier alpha value is -1.20. The molecule has 0 aliphatic rings. The van der Waals surface area contributed by atoms with E-state index in [1.165, 1.54) is 0 Å². The Morgan fingerprint density at radius 2 is 2.05 bits per heavy atom. The highest BCUT2D eigenvalue weighted by Gasteiger charge is 2.18. The van der Waals surface area contributed by atoms with Crippen molar-refractivity contribution in [2.24, 2.45) is 5.41 Å². The van der Waals surface area contributed by atoms with E-state index in [0.29, 0.717) is 30.9 Å². The number of hydrogen-bond acceptors (Lipinski definition) is 5. The second kappa shape index (κ2) is 6.30. The topological polar surface area (TPSA) is 75.1 Å². The first-order valence-electron chi connectivity index (χ1n) is 6.14. The normalized spacial score (nSPS) is 13.2. The van der Waals surface area contributed by atoms with Crippen molar-refractivity contribution in [3.8, 4) is 0 Å². The summed E-state index contributed by atoms with van der Waals surface area (Å²) in [6.45, 7) is 8.17. The van der Waals surface area contributed by atoms with Gasteiger partial charge in [0.15, 0.2) is 6.29 Å². The Kier molecular flexibility index (Phi) is 5.26. The maximum Gasteiger partial charge on any atom is 0.156 e. The number of aliphatic hydroxyl groups is 1. The zero-order valence-corrected chi connectivity index (χ0v) is 12.5. The molecule has 106 valence electrons. The number of halogens is 1. The minimum absolute atomic E-state index is 0.0355. The maximum atomic E-state index is 11.0. The average Bonchev–Trinajstić information content (AvgIpc) is 2.23. The van der Waals surface area contributed by atoms with Gasteiger partial charge in [-0.3, -0.25) is 4.79 Å². The summed E-state index contributed by atoms with van der Waals surface area (Å²) in [4.78, 5) is 19.0. The highest BCUT2D eigenvalue weighted by atomic mass is 35.5. The van der Waals surface area contributed by atoms with E-state index >= 15 is 0 Å². The van der Waals surface area contributed by atoms with Crippen LogP contribution < -0.4 is 5.32 Å². The summed E-state index contributed by atoms with van der Waals surface area (Å²) < 4.78 is 0. The van der Waals surface area contributed by atoms with Gasteiger partial charge in [-0.25, -0.2) is 9.97 Å². The number of hydrogen-bond donors (Lipinski definition) is 2. The van der Waals surface area contributed by atoms with E-state index in [-0.39, 0.29) is 16.1 Å². The number of nitrogens with zero attached hydrogens (tertiary/aromatic N) is 2. The number of carbonyl (C=O) groups is 1. The number of aliphatic hydroxyl groups excluding tert-OH is 1. The minimum atomic E-state index is -0.520. The van der Waals surface area contributed by atoms with Crippen LogP contribution in [0, 0.1) is 12.3 Å². The molecule has 1 heterocycles. The van der Waals surface area contributed by atoms with E-state index in [1.807, 2.05) is 0 Å². The fourth-order valence-electron chi connectivity index (χ4n) is 1.78. The standard InChI is InChI=1S/C13H20ClN3O2/c1-8-16-11(14)10(7-18)12(17-8)15-6-9(19)5-13(2,3)4/h7,9,19H,5-6H2,1-4H3,(H,15,16,17). The van der Waals surface area contributed by atoms with Crippen LogP contribution in [0.5, 0.6) is 0 Å². The molecule has 0 spiro atoms. The van der Waals surface area contributed by atoms with Crippen LogP contribution in [0.4, 0.5) is 5.82 Å². The van der Waals surface area contributed by atoms with Gasteiger partial charge in [-0.2, -0.15) is 0 Å². The lowest BCUT2D eigenvalue weighted by Gasteiger charge is -2.22. The van der Waals surface area contributed by atoms with Gasteiger partial charge in [0.1, 0.15) is 16.8 Å². The van der Waals surface area contributed by atoms with E-state index in [0.717, 1.165) is 0 Å². The van der Waals surface area contributed by atoms with Gasteiger partial charge in [-0.1, -0.05) is 32.4 Å². The van der Waals surface area contributed by atoms with Gasteiger partial charge in [-0.15, -0.1) is 0 Å². The Bertz CT molecular complexity index is 458. The van der Waals surface area contributed by atoms with Crippen molar-refractivity contribution in [3.63, 3.8) is 0 Å². The lowest BCUT2D eigenvalue weighted by molar-refractivity contribution is 0.112. The largest absolute Gasteiger partial charge is 0.391 e. The van der Waals surface area contributed by atoms with Crippen molar-refractivity contribution in [2.45, 2.75) is 40.2 Å². The Morgan fingerprint density at radius 1 is 1.42 bits per heavy atom. The number of aromatic nitrogens is 2. The van der Waals surface area contributed by atoms with Gasteiger partial charge in [-0.05, 0) is 18.8 Å². The van der Waals surface area contributed by atoms with E-state index in [4.69, 9.17) is 11.6 Å². The Balaban J connectivity index is 2.75. The Morgan fingerprint density at radius 3 is 2.58 bits per heavy atom. The third-order valence-corrected chi connectivity index (χ3v) is 2.77. The Labute approximate surface area is 118 Å². The number of aldehydes is 1. The van der Waals surface area contributed by atoms with Gasteiger partial charge in [0, 0.05) is 6.54 Å². The number of aryl methyl sites for hydroxylation is 1. The van der Waals surface area contributed by atoms with Crippen molar-refractivity contribution in [1.82, 2.24) is 9.97 Å². The van der Waals surface area contributed by atoms with Crippen LogP contribution in [-0.2, 0) is 0 Å². The fraction of sp³-hybridized carbons (Fsp3) is 0.615. The third-order valence-electron chi connectivity index (χ3n) is 2.48. The first kappa shape index (κ1) is 15.9.